The molecule has 2 heterocycles. The van der Waals surface area contributed by atoms with Crippen LogP contribution in [0.5, 0.6) is 0 Å². The zero-order valence-electron chi connectivity index (χ0n) is 17.5. The van der Waals surface area contributed by atoms with E-state index in [2.05, 4.69) is 96.3 Å². The molecule has 3 rings (SSSR count). The van der Waals surface area contributed by atoms with Crippen molar-refractivity contribution in [2.45, 2.75) is 65.5 Å². The first-order chi connectivity index (χ1) is 13.7. The van der Waals surface area contributed by atoms with Crippen LogP contribution < -0.4 is 9.13 Å². The van der Waals surface area contributed by atoms with Gasteiger partial charge in [0.05, 0.1) is 0 Å². The third-order valence-corrected chi connectivity index (χ3v) is 5.30. The summed E-state index contributed by atoms with van der Waals surface area (Å²) in [5, 5.41) is 0. The highest BCUT2D eigenvalue weighted by atomic mass is 14.9. The van der Waals surface area contributed by atoms with Crippen LogP contribution in [-0.2, 0) is 25.9 Å². The van der Waals surface area contributed by atoms with Crippen LogP contribution in [0.2, 0.25) is 0 Å². The van der Waals surface area contributed by atoms with Gasteiger partial charge in [-0.25, -0.2) is 9.13 Å². The molecule has 0 unspecified atom stereocenters. The Bertz CT molecular complexity index is 780. The second kappa shape index (κ2) is 10.8. The number of pyridine rings is 2. The Morgan fingerprint density at radius 1 is 0.571 bits per heavy atom. The Hall–Kier alpha value is -2.48. The molecule has 2 nitrogen and oxygen atoms in total. The summed E-state index contributed by atoms with van der Waals surface area (Å²) in [4.78, 5) is 0. The second-order valence-electron chi connectivity index (χ2n) is 7.97. The van der Waals surface area contributed by atoms with Crippen molar-refractivity contribution in [3.63, 3.8) is 0 Å². The molecule has 0 N–H and O–H groups in total. The van der Waals surface area contributed by atoms with E-state index in [1.54, 1.807) is 0 Å². The number of rotatable bonds is 10. The molecule has 0 spiro atoms. The van der Waals surface area contributed by atoms with E-state index in [4.69, 9.17) is 0 Å². The number of aryl methyl sites for hydroxylation is 6. The number of benzene rings is 1. The van der Waals surface area contributed by atoms with Crippen molar-refractivity contribution < 1.29 is 9.13 Å². The van der Waals surface area contributed by atoms with Gasteiger partial charge in [0.25, 0.3) is 0 Å². The molecule has 0 aliphatic carbocycles. The first-order valence-corrected chi connectivity index (χ1v) is 10.7. The van der Waals surface area contributed by atoms with Gasteiger partial charge in [-0.15, -0.1) is 0 Å². The average molecular weight is 375 g/mol. The summed E-state index contributed by atoms with van der Waals surface area (Å²) in [6.07, 6.45) is 16.1. The summed E-state index contributed by atoms with van der Waals surface area (Å²) < 4.78 is 4.60. The lowest BCUT2D eigenvalue weighted by atomic mass is 10.0. The van der Waals surface area contributed by atoms with Crippen LogP contribution >= 0.6 is 0 Å². The smallest absolute Gasteiger partial charge is 0.171 e. The Morgan fingerprint density at radius 3 is 1.39 bits per heavy atom. The van der Waals surface area contributed by atoms with E-state index in [0.717, 1.165) is 13.1 Å². The molecule has 0 saturated heterocycles. The molecule has 0 saturated carbocycles. The lowest BCUT2D eigenvalue weighted by Gasteiger charge is -2.04. The molecule has 0 atom stereocenters. The molecule has 0 fully saturated rings. The summed E-state index contributed by atoms with van der Waals surface area (Å²) >= 11 is 0. The van der Waals surface area contributed by atoms with Crippen molar-refractivity contribution in [1.29, 1.82) is 0 Å². The molecule has 2 heteroatoms. The van der Waals surface area contributed by atoms with E-state index < -0.39 is 0 Å². The standard InChI is InChI=1S/C26H34N2/c1-23-9-7-19-27(21-23)17-5-3-11-25-13-15-26(16-14-25)12-4-6-18-28-20-8-10-24(2)22-28/h7-10,13-16,19-22H,3-6,11-12,17-18H2,1-2H3/q+2. The van der Waals surface area contributed by atoms with Crippen LogP contribution in [0.4, 0.5) is 0 Å². The monoisotopic (exact) mass is 374 g/mol. The van der Waals surface area contributed by atoms with E-state index in [1.165, 1.54) is 60.8 Å². The SMILES string of the molecule is Cc1ccc[n+](CCCCc2ccc(CCCC[n+]3cccc(C)c3)cc2)c1. The fraction of sp³-hybridized carbons (Fsp3) is 0.385. The first-order valence-electron chi connectivity index (χ1n) is 10.7. The van der Waals surface area contributed by atoms with E-state index >= 15 is 0 Å². The lowest BCUT2D eigenvalue weighted by Crippen LogP contribution is -2.32. The molecular formula is C26H34N2+2. The zero-order chi connectivity index (χ0) is 19.6. The van der Waals surface area contributed by atoms with Gasteiger partial charge in [-0.2, -0.15) is 0 Å². The van der Waals surface area contributed by atoms with Crippen molar-refractivity contribution >= 4 is 0 Å². The highest BCUT2D eigenvalue weighted by molar-refractivity contribution is 5.22. The van der Waals surface area contributed by atoms with Crippen molar-refractivity contribution in [2.75, 3.05) is 0 Å². The van der Waals surface area contributed by atoms with Crippen molar-refractivity contribution in [2.24, 2.45) is 0 Å². The van der Waals surface area contributed by atoms with Crippen LogP contribution in [0.15, 0.2) is 73.3 Å². The summed E-state index contributed by atoms with van der Waals surface area (Å²) in [6.45, 7) is 6.52. The van der Waals surface area contributed by atoms with Crippen molar-refractivity contribution in [3.05, 3.63) is 95.6 Å². The summed E-state index contributed by atoms with van der Waals surface area (Å²) in [7, 11) is 0. The average Bonchev–Trinajstić information content (AvgIpc) is 2.70. The van der Waals surface area contributed by atoms with E-state index in [9.17, 15) is 0 Å². The van der Waals surface area contributed by atoms with Gasteiger partial charge < -0.3 is 0 Å². The number of hydrogen-bond acceptors (Lipinski definition) is 0. The minimum atomic E-state index is 1.11. The Balaban J connectivity index is 1.33. The van der Waals surface area contributed by atoms with Crippen LogP contribution in [0.25, 0.3) is 0 Å². The summed E-state index contributed by atoms with van der Waals surface area (Å²) in [5.41, 5.74) is 5.59. The molecule has 1 aromatic carbocycles. The van der Waals surface area contributed by atoms with Gasteiger partial charge in [-0.1, -0.05) is 24.3 Å². The maximum atomic E-state index is 2.32. The largest absolute Gasteiger partial charge is 0.205 e. The number of aromatic nitrogens is 2. The maximum absolute atomic E-state index is 2.32. The molecule has 28 heavy (non-hydrogen) atoms. The minimum Gasteiger partial charge on any atom is -0.205 e. The Kier molecular flexibility index (Phi) is 7.78. The molecule has 0 aliphatic heterocycles. The predicted octanol–water partition coefficient (Wildman–Crippen LogP) is 4.92. The van der Waals surface area contributed by atoms with Crippen LogP contribution in [0, 0.1) is 13.8 Å². The zero-order valence-corrected chi connectivity index (χ0v) is 17.5. The Labute approximate surface area is 170 Å². The molecule has 0 amide bonds. The van der Waals surface area contributed by atoms with E-state index in [-0.39, 0.29) is 0 Å². The third-order valence-electron chi connectivity index (χ3n) is 5.30. The molecule has 0 radical (unpaired) electrons. The van der Waals surface area contributed by atoms with Crippen molar-refractivity contribution in [1.82, 2.24) is 0 Å². The minimum absolute atomic E-state index is 1.11. The van der Waals surface area contributed by atoms with Gasteiger partial charge in [0.15, 0.2) is 24.8 Å². The van der Waals surface area contributed by atoms with Gasteiger partial charge in [-0.3, -0.25) is 0 Å². The van der Waals surface area contributed by atoms with Gasteiger partial charge in [0.1, 0.15) is 13.1 Å². The fourth-order valence-corrected chi connectivity index (χ4v) is 3.70. The summed E-state index contributed by atoms with van der Waals surface area (Å²) in [5.74, 6) is 0. The number of hydrogen-bond donors (Lipinski definition) is 0. The highest BCUT2D eigenvalue weighted by Crippen LogP contribution is 2.10. The number of nitrogens with zero attached hydrogens (tertiary/aromatic N) is 2. The quantitative estimate of drug-likeness (QED) is 0.351. The predicted molar refractivity (Wildman–Crippen MR) is 115 cm³/mol. The summed E-state index contributed by atoms with van der Waals surface area (Å²) in [6, 6.07) is 17.9. The van der Waals surface area contributed by atoms with Crippen LogP contribution in [-0.4, -0.2) is 0 Å². The molecule has 0 aliphatic rings. The third kappa shape index (κ3) is 6.92. The normalized spacial score (nSPS) is 10.9. The molecule has 146 valence electrons. The first kappa shape index (κ1) is 20.3. The van der Waals surface area contributed by atoms with Gasteiger partial charge in [-0.05, 0) is 62.8 Å². The maximum Gasteiger partial charge on any atom is 0.171 e. The fourth-order valence-electron chi connectivity index (χ4n) is 3.70. The van der Waals surface area contributed by atoms with Gasteiger partial charge in [0.2, 0.25) is 0 Å². The highest BCUT2D eigenvalue weighted by Gasteiger charge is 2.03. The molecule has 3 aromatic rings. The lowest BCUT2D eigenvalue weighted by molar-refractivity contribution is -0.697. The van der Waals surface area contributed by atoms with Gasteiger partial charge in [0, 0.05) is 36.1 Å². The van der Waals surface area contributed by atoms with Crippen LogP contribution in [0.3, 0.4) is 0 Å². The molecule has 0 bridgehead atoms. The second-order valence-corrected chi connectivity index (χ2v) is 7.97. The van der Waals surface area contributed by atoms with E-state index in [1.807, 2.05) is 0 Å². The van der Waals surface area contributed by atoms with Crippen molar-refractivity contribution in [3.8, 4) is 0 Å². The topological polar surface area (TPSA) is 7.76 Å². The molecular weight excluding hydrogens is 340 g/mol. The van der Waals surface area contributed by atoms with E-state index in [0.29, 0.717) is 0 Å². The van der Waals surface area contributed by atoms with Gasteiger partial charge >= 0.3 is 0 Å². The Morgan fingerprint density at radius 2 is 1.00 bits per heavy atom. The number of unbranched alkanes of at least 4 members (excludes halogenated alkanes) is 2. The van der Waals surface area contributed by atoms with Crippen LogP contribution in [0.1, 0.15) is 47.9 Å². The molecule has 2 aromatic heterocycles.